The van der Waals surface area contributed by atoms with Crippen LogP contribution in [0, 0.1) is 0 Å². The van der Waals surface area contributed by atoms with Gasteiger partial charge in [0.1, 0.15) is 0 Å². The maximum absolute atomic E-state index is 5.35. The molecule has 0 saturated heterocycles. The fourth-order valence-electron chi connectivity index (χ4n) is 1.23. The van der Waals surface area contributed by atoms with E-state index in [1.165, 1.54) is 5.56 Å². The molecule has 0 aromatic heterocycles. The van der Waals surface area contributed by atoms with Crippen LogP contribution >= 0.6 is 15.9 Å². The van der Waals surface area contributed by atoms with Crippen molar-refractivity contribution < 1.29 is 4.74 Å². The smallest absolute Gasteiger partial charge is 0.0943 e. The van der Waals surface area contributed by atoms with Crippen LogP contribution in [0.2, 0.25) is 0 Å². The fourth-order valence-corrected chi connectivity index (χ4v) is 1.75. The second kappa shape index (κ2) is 4.63. The maximum atomic E-state index is 5.35. The molecule has 0 aliphatic rings. The van der Waals surface area contributed by atoms with Gasteiger partial charge in [0.15, 0.2) is 0 Å². The summed E-state index contributed by atoms with van der Waals surface area (Å²) in [6.07, 6.45) is 0.145. The number of alkyl halides is 1. The highest BCUT2D eigenvalue weighted by atomic mass is 79.9. The van der Waals surface area contributed by atoms with E-state index in [-0.39, 0.29) is 6.10 Å². The molecule has 1 nitrogen and oxygen atoms in total. The van der Waals surface area contributed by atoms with Crippen molar-refractivity contribution in [3.05, 3.63) is 35.9 Å². The topological polar surface area (TPSA) is 9.23 Å². The number of benzene rings is 1. The van der Waals surface area contributed by atoms with Gasteiger partial charge in [-0.1, -0.05) is 46.3 Å². The molecule has 0 unspecified atom stereocenters. The van der Waals surface area contributed by atoms with Crippen LogP contribution in [0.5, 0.6) is 0 Å². The van der Waals surface area contributed by atoms with Crippen LogP contribution in [0.4, 0.5) is 0 Å². The van der Waals surface area contributed by atoms with Crippen molar-refractivity contribution in [2.24, 2.45) is 0 Å². The molecule has 0 bridgehead atoms. The van der Waals surface area contributed by atoms with Crippen molar-refractivity contribution in [1.82, 2.24) is 0 Å². The zero-order valence-corrected chi connectivity index (χ0v) is 8.91. The van der Waals surface area contributed by atoms with E-state index in [1.54, 1.807) is 7.11 Å². The van der Waals surface area contributed by atoms with Gasteiger partial charge in [0.05, 0.1) is 6.10 Å². The molecule has 0 radical (unpaired) electrons. The van der Waals surface area contributed by atoms with Crippen molar-refractivity contribution in [1.29, 1.82) is 0 Å². The Bertz CT molecular complexity index is 221. The van der Waals surface area contributed by atoms with E-state index in [0.717, 1.165) is 0 Å². The van der Waals surface area contributed by atoms with E-state index < -0.39 is 0 Å². The molecule has 0 saturated carbocycles. The van der Waals surface area contributed by atoms with Gasteiger partial charge in [0.2, 0.25) is 0 Å². The van der Waals surface area contributed by atoms with Crippen LogP contribution in [0.3, 0.4) is 0 Å². The van der Waals surface area contributed by atoms with E-state index in [2.05, 4.69) is 35.0 Å². The number of hydrogen-bond donors (Lipinski definition) is 0. The minimum Gasteiger partial charge on any atom is -0.376 e. The summed E-state index contributed by atoms with van der Waals surface area (Å²) in [5.74, 6) is 0. The van der Waals surface area contributed by atoms with Crippen LogP contribution in [-0.4, -0.2) is 11.9 Å². The van der Waals surface area contributed by atoms with Crippen LogP contribution < -0.4 is 0 Å². The Balaban J connectivity index is 2.80. The lowest BCUT2D eigenvalue weighted by molar-refractivity contribution is 0.106. The normalized spacial score (nSPS) is 15.6. The second-order valence-electron chi connectivity index (χ2n) is 2.74. The Kier molecular flexibility index (Phi) is 3.76. The number of methoxy groups -OCH3 is 1. The lowest BCUT2D eigenvalue weighted by Crippen LogP contribution is -2.10. The quantitative estimate of drug-likeness (QED) is 0.723. The predicted octanol–water partition coefficient (Wildman–Crippen LogP) is 3.16. The van der Waals surface area contributed by atoms with Gasteiger partial charge in [-0.25, -0.2) is 0 Å². The minimum atomic E-state index is 0.145. The Morgan fingerprint density at radius 1 is 1.25 bits per heavy atom. The molecule has 2 heteroatoms. The first-order valence-electron chi connectivity index (χ1n) is 3.97. The molecular weight excluding hydrogens is 216 g/mol. The summed E-state index contributed by atoms with van der Waals surface area (Å²) in [6.45, 7) is 2.08. The molecule has 0 aliphatic carbocycles. The number of ether oxygens (including phenoxy) is 1. The molecule has 0 spiro atoms. The van der Waals surface area contributed by atoms with Crippen molar-refractivity contribution in [2.45, 2.75) is 17.9 Å². The monoisotopic (exact) mass is 228 g/mol. The third kappa shape index (κ3) is 2.32. The van der Waals surface area contributed by atoms with Gasteiger partial charge >= 0.3 is 0 Å². The largest absolute Gasteiger partial charge is 0.376 e. The van der Waals surface area contributed by atoms with E-state index in [4.69, 9.17) is 4.74 Å². The highest BCUT2D eigenvalue weighted by molar-refractivity contribution is 9.09. The van der Waals surface area contributed by atoms with Gasteiger partial charge < -0.3 is 4.74 Å². The Labute approximate surface area is 81.9 Å². The van der Waals surface area contributed by atoms with Gasteiger partial charge in [-0.05, 0) is 12.5 Å². The summed E-state index contributed by atoms with van der Waals surface area (Å²) >= 11 is 3.51. The summed E-state index contributed by atoms with van der Waals surface area (Å²) in [7, 11) is 1.73. The predicted molar refractivity (Wildman–Crippen MR) is 54.6 cm³/mol. The Morgan fingerprint density at radius 2 is 1.83 bits per heavy atom. The number of hydrogen-bond acceptors (Lipinski definition) is 1. The fraction of sp³-hybridized carbons (Fsp3) is 0.400. The van der Waals surface area contributed by atoms with Gasteiger partial charge in [-0.15, -0.1) is 0 Å². The molecule has 2 atom stereocenters. The summed E-state index contributed by atoms with van der Waals surface area (Å²) in [4.78, 5) is 0.338. The van der Waals surface area contributed by atoms with E-state index in [9.17, 15) is 0 Å². The second-order valence-corrected chi connectivity index (χ2v) is 4.19. The SMILES string of the molecule is CO[C@H](c1ccccc1)[C@H](C)Br. The molecule has 0 amide bonds. The maximum Gasteiger partial charge on any atom is 0.0943 e. The van der Waals surface area contributed by atoms with Crippen LogP contribution in [-0.2, 0) is 4.74 Å². The van der Waals surface area contributed by atoms with Crippen molar-refractivity contribution in [3.63, 3.8) is 0 Å². The Hall–Kier alpha value is -0.340. The van der Waals surface area contributed by atoms with Crippen molar-refractivity contribution in [2.75, 3.05) is 7.11 Å². The first kappa shape index (κ1) is 9.75. The van der Waals surface area contributed by atoms with Crippen LogP contribution in [0.15, 0.2) is 30.3 Å². The minimum absolute atomic E-state index is 0.145. The van der Waals surface area contributed by atoms with E-state index >= 15 is 0 Å². The summed E-state index contributed by atoms with van der Waals surface area (Å²) in [6, 6.07) is 10.2. The number of halogens is 1. The summed E-state index contributed by atoms with van der Waals surface area (Å²) in [5.41, 5.74) is 1.21. The first-order valence-corrected chi connectivity index (χ1v) is 4.89. The zero-order valence-electron chi connectivity index (χ0n) is 7.33. The molecule has 1 aromatic rings. The molecule has 1 rings (SSSR count). The third-order valence-corrected chi connectivity index (χ3v) is 2.28. The summed E-state index contributed by atoms with van der Waals surface area (Å²) < 4.78 is 5.35. The van der Waals surface area contributed by atoms with Gasteiger partial charge in [-0.3, -0.25) is 0 Å². The average molecular weight is 229 g/mol. The molecule has 0 heterocycles. The Morgan fingerprint density at radius 3 is 2.25 bits per heavy atom. The average Bonchev–Trinajstić information content (AvgIpc) is 2.07. The first-order chi connectivity index (χ1) is 5.75. The van der Waals surface area contributed by atoms with Gasteiger partial charge in [0.25, 0.3) is 0 Å². The van der Waals surface area contributed by atoms with Crippen molar-refractivity contribution in [3.8, 4) is 0 Å². The van der Waals surface area contributed by atoms with Crippen molar-refractivity contribution >= 4 is 15.9 Å². The molecule has 0 fully saturated rings. The summed E-state index contributed by atoms with van der Waals surface area (Å²) in [5, 5.41) is 0. The highest BCUT2D eigenvalue weighted by Crippen LogP contribution is 2.24. The molecular formula is C10H13BrO. The van der Waals surface area contributed by atoms with Crippen LogP contribution in [0.25, 0.3) is 0 Å². The molecule has 0 aliphatic heterocycles. The molecule has 1 aromatic carbocycles. The zero-order chi connectivity index (χ0) is 8.97. The third-order valence-electron chi connectivity index (χ3n) is 1.80. The lowest BCUT2D eigenvalue weighted by Gasteiger charge is -2.17. The van der Waals surface area contributed by atoms with E-state index in [0.29, 0.717) is 4.83 Å². The number of rotatable bonds is 3. The van der Waals surface area contributed by atoms with Gasteiger partial charge in [0, 0.05) is 11.9 Å². The molecule has 0 N–H and O–H groups in total. The molecule has 66 valence electrons. The van der Waals surface area contributed by atoms with Crippen LogP contribution in [0.1, 0.15) is 18.6 Å². The van der Waals surface area contributed by atoms with E-state index in [1.807, 2.05) is 18.2 Å². The lowest BCUT2D eigenvalue weighted by atomic mass is 10.1. The standard InChI is InChI=1S/C10H13BrO/c1-8(11)10(12-2)9-6-4-3-5-7-9/h3-8,10H,1-2H3/t8-,10-/m0/s1. The van der Waals surface area contributed by atoms with Gasteiger partial charge in [-0.2, -0.15) is 0 Å². The molecule has 12 heavy (non-hydrogen) atoms. The highest BCUT2D eigenvalue weighted by Gasteiger charge is 2.14.